The molecule has 27 heavy (non-hydrogen) atoms. The number of piperazine rings is 1. The van der Waals surface area contributed by atoms with E-state index in [1.54, 1.807) is 4.31 Å². The minimum Gasteiger partial charge on any atom is -0.362 e. The number of nitrogens with zero attached hydrogens (tertiary/aromatic N) is 2. The van der Waals surface area contributed by atoms with E-state index in [4.69, 9.17) is 12.2 Å². The molecule has 1 aliphatic rings. The normalized spacial score (nSPS) is 16.0. The lowest BCUT2D eigenvalue weighted by molar-refractivity contribution is -0.858. The Labute approximate surface area is 169 Å². The van der Waals surface area contributed by atoms with Crippen molar-refractivity contribution in [1.29, 1.82) is 0 Å². The van der Waals surface area contributed by atoms with Gasteiger partial charge in [0.25, 0.3) is 0 Å². The van der Waals surface area contributed by atoms with E-state index in [1.807, 2.05) is 32.9 Å². The third-order valence-electron chi connectivity index (χ3n) is 4.86. The molecule has 2 N–H and O–H groups in total. The summed E-state index contributed by atoms with van der Waals surface area (Å²) in [6, 6.07) is 3.87. The van der Waals surface area contributed by atoms with Crippen LogP contribution in [0.3, 0.4) is 0 Å². The first kappa shape index (κ1) is 22.1. The predicted molar refractivity (Wildman–Crippen MR) is 114 cm³/mol. The second kappa shape index (κ2) is 9.32. The molecule has 2 rings (SSSR count). The van der Waals surface area contributed by atoms with Crippen LogP contribution in [0.25, 0.3) is 0 Å². The standard InChI is InChI=1S/C19H32N4O2S2/c1-15-13-16(2)18(17(3)14-15)27(24,25)23-11-9-22(10-12-23)19(26)20-7-6-8-21(4)5/h13-14H,6-12H2,1-5H3,(H,20,26)/p+1. The molecule has 0 bridgehead atoms. The summed E-state index contributed by atoms with van der Waals surface area (Å²) in [6.45, 7) is 9.83. The highest BCUT2D eigenvalue weighted by atomic mass is 32.2. The average molecular weight is 414 g/mol. The highest BCUT2D eigenvalue weighted by Crippen LogP contribution is 2.26. The fraction of sp³-hybridized carbons (Fsp3) is 0.632. The summed E-state index contributed by atoms with van der Waals surface area (Å²) < 4.78 is 27.9. The van der Waals surface area contributed by atoms with Crippen LogP contribution in [0, 0.1) is 20.8 Å². The zero-order chi connectivity index (χ0) is 20.2. The molecule has 1 aromatic rings. The molecule has 1 aromatic carbocycles. The van der Waals surface area contributed by atoms with Crippen molar-refractivity contribution in [3.8, 4) is 0 Å². The lowest BCUT2D eigenvalue weighted by Gasteiger charge is -2.36. The Kier molecular flexibility index (Phi) is 7.62. The second-order valence-corrected chi connectivity index (χ2v) is 9.92. The van der Waals surface area contributed by atoms with Crippen molar-refractivity contribution in [1.82, 2.24) is 14.5 Å². The molecule has 0 spiro atoms. The molecule has 0 unspecified atom stereocenters. The summed E-state index contributed by atoms with van der Waals surface area (Å²) in [5.74, 6) is 0. The Morgan fingerprint density at radius 1 is 1.11 bits per heavy atom. The molecule has 0 amide bonds. The van der Waals surface area contributed by atoms with Crippen LogP contribution in [0.4, 0.5) is 0 Å². The Hall–Kier alpha value is -1.22. The van der Waals surface area contributed by atoms with Gasteiger partial charge in [0.2, 0.25) is 10.0 Å². The van der Waals surface area contributed by atoms with Gasteiger partial charge < -0.3 is 15.1 Å². The van der Waals surface area contributed by atoms with E-state index in [0.717, 1.165) is 41.3 Å². The summed E-state index contributed by atoms with van der Waals surface area (Å²) in [4.78, 5) is 3.94. The second-order valence-electron chi connectivity index (χ2n) is 7.66. The third kappa shape index (κ3) is 5.63. The van der Waals surface area contributed by atoms with E-state index >= 15 is 0 Å². The van der Waals surface area contributed by atoms with Gasteiger partial charge in [-0.05, 0) is 44.1 Å². The van der Waals surface area contributed by atoms with E-state index < -0.39 is 10.0 Å². The number of hydrogen-bond acceptors (Lipinski definition) is 3. The smallest absolute Gasteiger partial charge is 0.243 e. The van der Waals surface area contributed by atoms with Gasteiger partial charge in [-0.2, -0.15) is 4.31 Å². The van der Waals surface area contributed by atoms with Crippen molar-refractivity contribution in [3.63, 3.8) is 0 Å². The first-order valence-corrected chi connectivity index (χ1v) is 11.4. The number of rotatable bonds is 6. The highest BCUT2D eigenvalue weighted by Gasteiger charge is 2.31. The quantitative estimate of drug-likeness (QED) is 0.520. The number of hydrogen-bond donors (Lipinski definition) is 2. The Morgan fingerprint density at radius 2 is 1.67 bits per heavy atom. The summed E-state index contributed by atoms with van der Waals surface area (Å²) >= 11 is 5.47. The van der Waals surface area contributed by atoms with E-state index in [1.165, 1.54) is 4.90 Å². The van der Waals surface area contributed by atoms with Crippen LogP contribution < -0.4 is 10.2 Å². The zero-order valence-electron chi connectivity index (χ0n) is 17.1. The lowest BCUT2D eigenvalue weighted by atomic mass is 10.1. The molecule has 0 aromatic heterocycles. The molecule has 0 saturated carbocycles. The molecule has 8 heteroatoms. The van der Waals surface area contributed by atoms with Gasteiger partial charge >= 0.3 is 0 Å². The molecule has 1 fully saturated rings. The zero-order valence-corrected chi connectivity index (χ0v) is 18.8. The van der Waals surface area contributed by atoms with Gasteiger partial charge in [0.15, 0.2) is 5.11 Å². The number of nitrogens with one attached hydrogen (secondary N) is 2. The number of benzene rings is 1. The van der Waals surface area contributed by atoms with Gasteiger partial charge in [-0.1, -0.05) is 17.7 Å². The highest BCUT2D eigenvalue weighted by molar-refractivity contribution is 7.89. The van der Waals surface area contributed by atoms with E-state index in [2.05, 4.69) is 24.3 Å². The van der Waals surface area contributed by atoms with Crippen molar-refractivity contribution >= 4 is 27.4 Å². The van der Waals surface area contributed by atoms with E-state index in [0.29, 0.717) is 31.1 Å². The van der Waals surface area contributed by atoms with Crippen molar-refractivity contribution in [2.75, 3.05) is 53.4 Å². The van der Waals surface area contributed by atoms with Crippen LogP contribution in [0.15, 0.2) is 17.0 Å². The molecule has 0 aliphatic carbocycles. The first-order chi connectivity index (χ1) is 12.6. The van der Waals surface area contributed by atoms with Crippen LogP contribution in [0.1, 0.15) is 23.1 Å². The topological polar surface area (TPSA) is 57.1 Å². The number of thiocarbonyl (C=S) groups is 1. The van der Waals surface area contributed by atoms with Gasteiger partial charge in [-0.15, -0.1) is 0 Å². The van der Waals surface area contributed by atoms with Gasteiger partial charge in [-0.25, -0.2) is 8.42 Å². The molecule has 1 heterocycles. The van der Waals surface area contributed by atoms with E-state index in [-0.39, 0.29) is 0 Å². The van der Waals surface area contributed by atoms with Gasteiger partial charge in [-0.3, -0.25) is 0 Å². The maximum absolute atomic E-state index is 13.1. The van der Waals surface area contributed by atoms with Gasteiger partial charge in [0, 0.05) is 39.1 Å². The summed E-state index contributed by atoms with van der Waals surface area (Å²) in [5.41, 5.74) is 2.71. The molecule has 6 nitrogen and oxygen atoms in total. The summed E-state index contributed by atoms with van der Waals surface area (Å²) in [7, 11) is 0.789. The first-order valence-electron chi connectivity index (χ1n) is 9.52. The third-order valence-corrected chi connectivity index (χ3v) is 7.47. The molecule has 0 radical (unpaired) electrons. The maximum Gasteiger partial charge on any atom is 0.243 e. The number of aryl methyl sites for hydroxylation is 3. The Bertz CT molecular complexity index is 747. The monoisotopic (exact) mass is 413 g/mol. The van der Waals surface area contributed by atoms with Crippen molar-refractivity contribution in [2.45, 2.75) is 32.1 Å². The molecular weight excluding hydrogens is 380 g/mol. The Morgan fingerprint density at radius 3 is 2.19 bits per heavy atom. The van der Waals surface area contributed by atoms with Crippen molar-refractivity contribution < 1.29 is 13.3 Å². The maximum atomic E-state index is 13.1. The molecular formula is C19H33N4O2S2+. The van der Waals surface area contributed by atoms with Crippen LogP contribution in [0.5, 0.6) is 0 Å². The number of quaternary nitrogens is 1. The molecule has 1 aliphatic heterocycles. The predicted octanol–water partition coefficient (Wildman–Crippen LogP) is 0.327. The Balaban J connectivity index is 1.96. The van der Waals surface area contributed by atoms with Crippen LogP contribution in [0.2, 0.25) is 0 Å². The fourth-order valence-electron chi connectivity index (χ4n) is 3.58. The molecule has 0 atom stereocenters. The summed E-state index contributed by atoms with van der Waals surface area (Å²) in [5, 5.41) is 4.02. The van der Waals surface area contributed by atoms with Gasteiger partial charge in [0.1, 0.15) is 0 Å². The minimum absolute atomic E-state index is 0.452. The molecule has 152 valence electrons. The van der Waals surface area contributed by atoms with Crippen LogP contribution >= 0.6 is 12.2 Å². The van der Waals surface area contributed by atoms with Gasteiger partial charge in [0.05, 0.1) is 25.5 Å². The minimum atomic E-state index is -3.48. The number of sulfonamides is 1. The summed E-state index contributed by atoms with van der Waals surface area (Å²) in [6.07, 6.45) is 1.06. The van der Waals surface area contributed by atoms with E-state index in [9.17, 15) is 8.42 Å². The molecule has 1 saturated heterocycles. The lowest BCUT2D eigenvalue weighted by Crippen LogP contribution is -3.05. The fourth-order valence-corrected chi connectivity index (χ4v) is 5.70. The van der Waals surface area contributed by atoms with Crippen LogP contribution in [-0.2, 0) is 10.0 Å². The largest absolute Gasteiger partial charge is 0.362 e. The SMILES string of the molecule is Cc1cc(C)c(S(=O)(=O)N2CCN(C(=S)NCCC[NH+](C)C)CC2)c(C)c1. The van der Waals surface area contributed by atoms with Crippen LogP contribution in [-0.4, -0.2) is 76.1 Å². The van der Waals surface area contributed by atoms with Crippen molar-refractivity contribution in [3.05, 3.63) is 28.8 Å². The van der Waals surface area contributed by atoms with Crippen molar-refractivity contribution in [2.24, 2.45) is 0 Å². The average Bonchev–Trinajstić information content (AvgIpc) is 2.57.